The van der Waals surface area contributed by atoms with Crippen LogP contribution in [0.5, 0.6) is 5.75 Å². The van der Waals surface area contributed by atoms with Crippen molar-refractivity contribution in [3.63, 3.8) is 0 Å². The second-order valence-corrected chi connectivity index (χ2v) is 9.38. The highest BCUT2D eigenvalue weighted by Crippen LogP contribution is 2.34. The lowest BCUT2D eigenvalue weighted by Crippen LogP contribution is -2.26. The highest BCUT2D eigenvalue weighted by Gasteiger charge is 2.31. The Hall–Kier alpha value is -4.22. The number of ether oxygens (including phenoxy) is 1. The van der Waals surface area contributed by atoms with E-state index in [0.29, 0.717) is 44.1 Å². The number of rotatable bonds is 9. The van der Waals surface area contributed by atoms with Crippen molar-refractivity contribution in [2.45, 2.75) is 12.8 Å². The maximum absolute atomic E-state index is 12.6. The molecule has 0 bridgehead atoms. The predicted octanol–water partition coefficient (Wildman–Crippen LogP) is 6.72. The summed E-state index contributed by atoms with van der Waals surface area (Å²) >= 11 is 12.4. The van der Waals surface area contributed by atoms with Crippen LogP contribution in [-0.4, -0.2) is 46.7 Å². The van der Waals surface area contributed by atoms with Crippen LogP contribution in [0.4, 0.5) is 24.7 Å². The highest BCUT2D eigenvalue weighted by molar-refractivity contribution is 6.35. The molecule has 208 valence electrons. The van der Waals surface area contributed by atoms with E-state index < -0.39 is 18.2 Å². The van der Waals surface area contributed by atoms with Crippen molar-refractivity contribution in [1.82, 2.24) is 15.1 Å². The number of carbonyl (C=O) groups excluding carboxylic acids is 1. The molecule has 4 aromatic rings. The van der Waals surface area contributed by atoms with Crippen LogP contribution >= 0.6 is 23.2 Å². The van der Waals surface area contributed by atoms with Crippen molar-refractivity contribution in [3.8, 4) is 22.7 Å². The van der Waals surface area contributed by atoms with Gasteiger partial charge in [0, 0.05) is 46.5 Å². The molecule has 1 heterocycles. The summed E-state index contributed by atoms with van der Waals surface area (Å²) in [6.45, 7) is -0.00188. The highest BCUT2D eigenvalue weighted by atomic mass is 35.5. The van der Waals surface area contributed by atoms with E-state index in [1.54, 1.807) is 60.5 Å². The lowest BCUT2D eigenvalue weighted by molar-refractivity contribution is -0.274. The summed E-state index contributed by atoms with van der Waals surface area (Å²) in [6, 6.07) is 18.5. The zero-order chi connectivity index (χ0) is 29.0. The van der Waals surface area contributed by atoms with Crippen molar-refractivity contribution >= 4 is 46.6 Å². The number of carboxylic acids is 1. The molecular weight excluding hydrogens is 572 g/mol. The van der Waals surface area contributed by atoms with Crippen LogP contribution in [-0.2, 0) is 4.79 Å². The topological polar surface area (TPSA) is 96.7 Å². The van der Waals surface area contributed by atoms with Gasteiger partial charge in [0.25, 0.3) is 5.91 Å². The Labute approximate surface area is 236 Å². The number of amides is 1. The first-order valence-electron chi connectivity index (χ1n) is 11.7. The van der Waals surface area contributed by atoms with Crippen LogP contribution in [0.15, 0.2) is 72.8 Å². The first-order chi connectivity index (χ1) is 18.9. The number of anilines is 2. The molecule has 13 heteroatoms. The van der Waals surface area contributed by atoms with E-state index in [9.17, 15) is 22.8 Å². The summed E-state index contributed by atoms with van der Waals surface area (Å²) in [4.78, 5) is 24.8. The van der Waals surface area contributed by atoms with Crippen LogP contribution in [0, 0.1) is 0 Å². The fraction of sp³-hybridized carbons (Fsp3) is 0.148. The maximum Gasteiger partial charge on any atom is 0.573 e. The molecule has 0 saturated heterocycles. The molecular formula is C27H21Cl2F3N4O4. The summed E-state index contributed by atoms with van der Waals surface area (Å²) in [7, 11) is 1.76. The number of aliphatic carboxylic acids is 1. The Morgan fingerprint density at radius 3 is 2.20 bits per heavy atom. The van der Waals surface area contributed by atoms with Gasteiger partial charge in [-0.25, -0.2) is 4.68 Å². The van der Waals surface area contributed by atoms with Crippen molar-refractivity contribution in [2.75, 3.05) is 18.5 Å². The van der Waals surface area contributed by atoms with Gasteiger partial charge in [-0.05, 0) is 66.7 Å². The summed E-state index contributed by atoms with van der Waals surface area (Å²) in [5.74, 6) is -1.27. The molecule has 0 unspecified atom stereocenters. The second-order valence-electron chi connectivity index (χ2n) is 8.50. The predicted molar refractivity (Wildman–Crippen MR) is 145 cm³/mol. The molecule has 3 aromatic carbocycles. The van der Waals surface area contributed by atoms with E-state index in [2.05, 4.69) is 15.2 Å². The van der Waals surface area contributed by atoms with E-state index in [1.165, 1.54) is 28.9 Å². The number of hydrogen-bond acceptors (Lipinski definition) is 5. The van der Waals surface area contributed by atoms with Gasteiger partial charge in [0.2, 0.25) is 0 Å². The fourth-order valence-corrected chi connectivity index (χ4v) is 4.31. The third-order valence-electron chi connectivity index (χ3n) is 5.65. The van der Waals surface area contributed by atoms with Gasteiger partial charge in [0.15, 0.2) is 0 Å². The van der Waals surface area contributed by atoms with Crippen molar-refractivity contribution in [1.29, 1.82) is 0 Å². The van der Waals surface area contributed by atoms with E-state index in [-0.39, 0.29) is 18.7 Å². The Morgan fingerprint density at radius 1 is 1.00 bits per heavy atom. The average Bonchev–Trinajstić information content (AvgIpc) is 3.33. The van der Waals surface area contributed by atoms with Crippen LogP contribution in [0.25, 0.3) is 16.9 Å². The van der Waals surface area contributed by atoms with Crippen LogP contribution in [0.1, 0.15) is 16.8 Å². The Kier molecular flexibility index (Phi) is 8.55. The third kappa shape index (κ3) is 7.25. The summed E-state index contributed by atoms with van der Waals surface area (Å²) in [6.07, 6.45) is -5.02. The number of alkyl halides is 3. The molecule has 0 spiro atoms. The van der Waals surface area contributed by atoms with Gasteiger partial charge in [-0.2, -0.15) is 5.10 Å². The Balaban J connectivity index is 1.68. The van der Waals surface area contributed by atoms with Gasteiger partial charge in [-0.15, -0.1) is 13.2 Å². The van der Waals surface area contributed by atoms with Crippen molar-refractivity contribution in [3.05, 3.63) is 88.4 Å². The van der Waals surface area contributed by atoms with Gasteiger partial charge in [-0.3, -0.25) is 9.59 Å². The molecule has 40 heavy (non-hydrogen) atoms. The number of hydrogen-bond donors (Lipinski definition) is 2. The van der Waals surface area contributed by atoms with Crippen LogP contribution in [0.2, 0.25) is 10.0 Å². The monoisotopic (exact) mass is 592 g/mol. The first-order valence-corrected chi connectivity index (χ1v) is 12.4. The van der Waals surface area contributed by atoms with E-state index in [1.807, 2.05) is 0 Å². The standard InChI is InChI=1S/C27H21Cl2F3N4O4/c1-35(20-4-2-16(3-5-20)26(39)33-11-10-25(37)38)24-15-23(17-12-18(28)14-19(29)13-17)34-36(24)21-6-8-22(9-7-21)40-27(30,31)32/h2-9,12-15H,10-11H2,1H3,(H,33,39)(H,37,38). The van der Waals surface area contributed by atoms with Gasteiger partial charge >= 0.3 is 12.3 Å². The molecule has 0 aliphatic carbocycles. The zero-order valence-electron chi connectivity index (χ0n) is 20.7. The molecule has 2 N–H and O–H groups in total. The number of aromatic nitrogens is 2. The quantitative estimate of drug-likeness (QED) is 0.224. The van der Waals surface area contributed by atoms with Crippen molar-refractivity contribution in [2.24, 2.45) is 0 Å². The molecule has 0 aliphatic rings. The van der Waals surface area contributed by atoms with Gasteiger partial charge in [-0.1, -0.05) is 23.2 Å². The number of carboxylic acid groups (broad SMARTS) is 1. The molecule has 0 fully saturated rings. The summed E-state index contributed by atoms with van der Waals surface area (Å²) in [5.41, 5.74) is 2.57. The maximum atomic E-state index is 12.6. The molecule has 8 nitrogen and oxygen atoms in total. The molecule has 1 aromatic heterocycles. The van der Waals surface area contributed by atoms with E-state index in [0.717, 1.165) is 0 Å². The normalized spacial score (nSPS) is 11.2. The SMILES string of the molecule is CN(c1ccc(C(=O)NCCC(=O)O)cc1)c1cc(-c2cc(Cl)cc(Cl)c2)nn1-c1ccc(OC(F)(F)F)cc1. The van der Waals surface area contributed by atoms with Gasteiger partial charge in [0.05, 0.1) is 17.8 Å². The smallest absolute Gasteiger partial charge is 0.481 e. The van der Waals surface area contributed by atoms with Gasteiger partial charge < -0.3 is 20.1 Å². The van der Waals surface area contributed by atoms with E-state index in [4.69, 9.17) is 28.3 Å². The molecule has 0 atom stereocenters. The van der Waals surface area contributed by atoms with Crippen molar-refractivity contribution < 1.29 is 32.6 Å². The van der Waals surface area contributed by atoms with Gasteiger partial charge in [0.1, 0.15) is 11.6 Å². The average molecular weight is 593 g/mol. The lowest BCUT2D eigenvalue weighted by Gasteiger charge is -2.21. The Bertz CT molecular complexity index is 1500. The van der Waals surface area contributed by atoms with E-state index >= 15 is 0 Å². The second kappa shape index (κ2) is 11.9. The number of nitrogens with zero attached hydrogens (tertiary/aromatic N) is 3. The zero-order valence-corrected chi connectivity index (χ0v) is 22.3. The summed E-state index contributed by atoms with van der Waals surface area (Å²) < 4.78 is 43.4. The minimum atomic E-state index is -4.82. The summed E-state index contributed by atoms with van der Waals surface area (Å²) in [5, 5.41) is 16.7. The molecule has 1 amide bonds. The molecule has 0 radical (unpaired) electrons. The molecule has 0 aliphatic heterocycles. The first kappa shape index (κ1) is 28.8. The largest absolute Gasteiger partial charge is 0.573 e. The van der Waals surface area contributed by atoms with Crippen LogP contribution < -0.4 is 15.0 Å². The minimum Gasteiger partial charge on any atom is -0.481 e. The van der Waals surface area contributed by atoms with Crippen LogP contribution in [0.3, 0.4) is 0 Å². The number of halogens is 5. The Morgan fingerprint density at radius 2 is 1.62 bits per heavy atom. The fourth-order valence-electron chi connectivity index (χ4n) is 3.79. The minimum absolute atomic E-state index is 0.00188. The third-order valence-corrected chi connectivity index (χ3v) is 6.09. The number of carbonyl (C=O) groups is 2. The lowest BCUT2D eigenvalue weighted by atomic mass is 10.1. The molecule has 0 saturated carbocycles. The number of nitrogens with one attached hydrogen (secondary N) is 1. The number of benzene rings is 3. The molecule has 4 rings (SSSR count).